The minimum absolute atomic E-state index is 0.00547. The van der Waals surface area contributed by atoms with Gasteiger partial charge in [0.05, 0.1) is 22.3 Å². The van der Waals surface area contributed by atoms with E-state index in [9.17, 15) is 22.8 Å². The van der Waals surface area contributed by atoms with Crippen LogP contribution in [-0.2, 0) is 23.8 Å². The zero-order valence-corrected chi connectivity index (χ0v) is 22.8. The van der Waals surface area contributed by atoms with Gasteiger partial charge in [0.1, 0.15) is 5.00 Å². The molecule has 0 saturated carbocycles. The Morgan fingerprint density at radius 3 is 2.68 bits per heavy atom. The summed E-state index contributed by atoms with van der Waals surface area (Å²) in [5.74, 6) is -0.885. The first-order chi connectivity index (χ1) is 18.1. The molecule has 1 unspecified atom stereocenters. The lowest BCUT2D eigenvalue weighted by Crippen LogP contribution is -2.18. The number of benzene rings is 1. The van der Waals surface area contributed by atoms with Gasteiger partial charge in [-0.25, -0.2) is 14.3 Å². The van der Waals surface area contributed by atoms with Crippen LogP contribution in [0.3, 0.4) is 0 Å². The van der Waals surface area contributed by atoms with Crippen LogP contribution in [0.4, 0.5) is 18.2 Å². The summed E-state index contributed by atoms with van der Waals surface area (Å²) in [6.45, 7) is 3.98. The minimum atomic E-state index is -4.76. The topological polar surface area (TPSA) is 85.6 Å². The SMILES string of the molecule is CCOC(=O)c1c(NC(=O)c2nn3c(C(F)(F)F)cc(-c4ccccc4)nc3c2Br)sc2c1CCC(C)C2. The van der Waals surface area contributed by atoms with Crippen LogP contribution in [0.5, 0.6) is 0 Å². The number of rotatable bonds is 5. The predicted molar refractivity (Wildman–Crippen MR) is 141 cm³/mol. The van der Waals surface area contributed by atoms with Gasteiger partial charge >= 0.3 is 12.1 Å². The summed E-state index contributed by atoms with van der Waals surface area (Å²) >= 11 is 4.53. The van der Waals surface area contributed by atoms with E-state index in [1.165, 1.54) is 11.3 Å². The first-order valence-corrected chi connectivity index (χ1v) is 13.5. The van der Waals surface area contributed by atoms with Gasteiger partial charge in [-0.3, -0.25) is 4.79 Å². The molecule has 3 aromatic heterocycles. The second-order valence-corrected chi connectivity index (χ2v) is 10.9. The van der Waals surface area contributed by atoms with E-state index in [0.29, 0.717) is 33.0 Å². The molecule has 0 fully saturated rings. The van der Waals surface area contributed by atoms with Gasteiger partial charge < -0.3 is 10.1 Å². The van der Waals surface area contributed by atoms with E-state index in [1.807, 2.05) is 0 Å². The number of ether oxygens (including phenoxy) is 1. The highest BCUT2D eigenvalue weighted by Gasteiger charge is 2.37. The molecule has 1 N–H and O–H groups in total. The normalized spacial score (nSPS) is 15.4. The number of thiophene rings is 1. The molecule has 1 aliphatic rings. The third kappa shape index (κ3) is 4.82. The van der Waals surface area contributed by atoms with Gasteiger partial charge in [0, 0.05) is 10.4 Å². The number of amides is 1. The molecule has 198 valence electrons. The summed E-state index contributed by atoms with van der Waals surface area (Å²) in [6, 6.07) is 9.33. The van der Waals surface area contributed by atoms with E-state index in [2.05, 4.69) is 38.3 Å². The van der Waals surface area contributed by atoms with Gasteiger partial charge in [-0.05, 0) is 59.7 Å². The number of carbonyl (C=O) groups excluding carboxylic acids is 2. The zero-order chi connectivity index (χ0) is 27.2. The first-order valence-electron chi connectivity index (χ1n) is 11.9. The Bertz CT molecular complexity index is 1550. The van der Waals surface area contributed by atoms with E-state index in [0.717, 1.165) is 29.3 Å². The van der Waals surface area contributed by atoms with Crippen LogP contribution in [0.1, 0.15) is 57.2 Å². The smallest absolute Gasteiger partial charge is 0.433 e. The Hall–Kier alpha value is -3.25. The number of alkyl halides is 3. The molecule has 1 aliphatic carbocycles. The van der Waals surface area contributed by atoms with Crippen molar-refractivity contribution in [3.05, 3.63) is 68.3 Å². The molecule has 0 bridgehead atoms. The summed E-state index contributed by atoms with van der Waals surface area (Å²) in [5, 5.41) is 6.98. The number of hydrogen-bond acceptors (Lipinski definition) is 6. The summed E-state index contributed by atoms with van der Waals surface area (Å²) in [5.41, 5.74) is 0.196. The number of aromatic nitrogens is 3. The zero-order valence-electron chi connectivity index (χ0n) is 20.4. The molecular weight excluding hydrogens is 585 g/mol. The summed E-state index contributed by atoms with van der Waals surface area (Å²) in [4.78, 5) is 31.5. The fourth-order valence-corrected chi connectivity index (χ4v) is 6.43. The lowest BCUT2D eigenvalue weighted by Gasteiger charge is -2.18. The van der Waals surface area contributed by atoms with Gasteiger partial charge in [-0.15, -0.1) is 11.3 Å². The number of esters is 1. The fraction of sp³-hybridized carbons (Fsp3) is 0.308. The molecule has 0 spiro atoms. The first kappa shape index (κ1) is 26.4. The van der Waals surface area contributed by atoms with E-state index >= 15 is 0 Å². The van der Waals surface area contributed by atoms with E-state index in [4.69, 9.17) is 4.74 Å². The Labute approximate surface area is 228 Å². The highest BCUT2D eigenvalue weighted by atomic mass is 79.9. The van der Waals surface area contributed by atoms with E-state index in [1.54, 1.807) is 37.3 Å². The van der Waals surface area contributed by atoms with Crippen molar-refractivity contribution in [2.45, 2.75) is 39.3 Å². The van der Waals surface area contributed by atoms with Crippen molar-refractivity contribution in [1.82, 2.24) is 14.6 Å². The molecule has 38 heavy (non-hydrogen) atoms. The van der Waals surface area contributed by atoms with Gasteiger partial charge in [0.25, 0.3) is 5.91 Å². The Morgan fingerprint density at radius 1 is 1.26 bits per heavy atom. The fourth-order valence-electron chi connectivity index (χ4n) is 4.52. The van der Waals surface area contributed by atoms with Crippen LogP contribution in [-0.4, -0.2) is 33.1 Å². The number of halogens is 4. The maximum Gasteiger partial charge on any atom is 0.433 e. The highest BCUT2D eigenvalue weighted by Crippen LogP contribution is 2.41. The van der Waals surface area contributed by atoms with Gasteiger partial charge in [0.15, 0.2) is 17.0 Å². The third-order valence-corrected chi connectivity index (χ3v) is 8.23. The second-order valence-electron chi connectivity index (χ2n) is 9.02. The largest absolute Gasteiger partial charge is 0.462 e. The Balaban J connectivity index is 1.59. The summed E-state index contributed by atoms with van der Waals surface area (Å²) in [6.07, 6.45) is -2.42. The summed E-state index contributed by atoms with van der Waals surface area (Å²) in [7, 11) is 0. The van der Waals surface area contributed by atoms with Crippen LogP contribution >= 0.6 is 27.3 Å². The van der Waals surface area contributed by atoms with Gasteiger partial charge in [-0.2, -0.15) is 18.3 Å². The number of hydrogen-bond donors (Lipinski definition) is 1. The minimum Gasteiger partial charge on any atom is -0.462 e. The maximum absolute atomic E-state index is 14.0. The molecular formula is C26H22BrF3N4O3S. The molecule has 1 aromatic carbocycles. The van der Waals surface area contributed by atoms with Crippen LogP contribution < -0.4 is 5.32 Å². The molecule has 3 heterocycles. The van der Waals surface area contributed by atoms with Crippen LogP contribution in [0, 0.1) is 5.92 Å². The van der Waals surface area contributed by atoms with E-state index < -0.39 is 23.7 Å². The van der Waals surface area contributed by atoms with Crippen molar-refractivity contribution in [2.24, 2.45) is 5.92 Å². The monoisotopic (exact) mass is 606 g/mol. The highest BCUT2D eigenvalue weighted by molar-refractivity contribution is 9.10. The lowest BCUT2D eigenvalue weighted by molar-refractivity contribution is -0.142. The molecule has 1 amide bonds. The van der Waals surface area contributed by atoms with Crippen molar-refractivity contribution in [3.63, 3.8) is 0 Å². The average Bonchev–Trinajstić information content (AvgIpc) is 3.40. The third-order valence-electron chi connectivity index (χ3n) is 6.33. The molecule has 0 radical (unpaired) electrons. The standard InChI is InChI=1S/C26H22BrF3N4O3S/c1-3-37-25(36)19-15-10-9-13(2)11-17(15)38-24(19)32-23(35)21-20(27)22-31-16(14-7-5-4-6-8-14)12-18(26(28,29)30)34(22)33-21/h4-8,12-13H,3,9-11H2,1-2H3,(H,32,35). The number of nitrogens with zero attached hydrogens (tertiary/aromatic N) is 3. The average molecular weight is 607 g/mol. The van der Waals surface area contributed by atoms with Crippen LogP contribution in [0.25, 0.3) is 16.9 Å². The quantitative estimate of drug-likeness (QED) is 0.253. The van der Waals surface area contributed by atoms with Crippen LogP contribution in [0.15, 0.2) is 40.9 Å². The molecule has 0 aliphatic heterocycles. The lowest BCUT2D eigenvalue weighted by atomic mass is 9.88. The molecule has 0 saturated heterocycles. The van der Waals surface area contributed by atoms with Crippen molar-refractivity contribution in [3.8, 4) is 11.3 Å². The molecule has 4 aromatic rings. The van der Waals surface area contributed by atoms with Crippen molar-refractivity contribution < 1.29 is 27.5 Å². The van der Waals surface area contributed by atoms with Crippen LogP contribution in [0.2, 0.25) is 0 Å². The molecule has 12 heteroatoms. The van der Waals surface area contributed by atoms with Crippen molar-refractivity contribution >= 4 is 49.8 Å². The van der Waals surface area contributed by atoms with Crippen molar-refractivity contribution in [1.29, 1.82) is 0 Å². The predicted octanol–water partition coefficient (Wildman–Crippen LogP) is 6.79. The Morgan fingerprint density at radius 2 is 2.00 bits per heavy atom. The number of fused-ring (bicyclic) bond motifs is 2. The number of anilines is 1. The van der Waals surface area contributed by atoms with Gasteiger partial charge in [0.2, 0.25) is 0 Å². The molecule has 1 atom stereocenters. The van der Waals surface area contributed by atoms with E-state index in [-0.39, 0.29) is 28.1 Å². The Kier molecular flexibility index (Phi) is 7.03. The second kappa shape index (κ2) is 10.1. The number of nitrogens with one attached hydrogen (secondary N) is 1. The summed E-state index contributed by atoms with van der Waals surface area (Å²) < 4.78 is 47.9. The number of carbonyl (C=O) groups is 2. The van der Waals surface area contributed by atoms with Gasteiger partial charge in [-0.1, -0.05) is 37.3 Å². The molecule has 5 rings (SSSR count). The van der Waals surface area contributed by atoms with Crippen molar-refractivity contribution in [2.75, 3.05) is 11.9 Å². The maximum atomic E-state index is 14.0. The molecule has 7 nitrogen and oxygen atoms in total.